The molecule has 0 amide bonds. The molecule has 0 heterocycles. The van der Waals surface area contributed by atoms with Crippen molar-refractivity contribution in [3.05, 3.63) is 0 Å². The lowest BCUT2D eigenvalue weighted by molar-refractivity contribution is -0.161. The molecule has 17 nitrogen and oxygen atoms in total. The van der Waals surface area contributed by atoms with E-state index in [1.54, 1.807) is 0 Å². The van der Waals surface area contributed by atoms with Gasteiger partial charge in [-0.1, -0.05) is 388 Å². The van der Waals surface area contributed by atoms with Gasteiger partial charge in [-0.05, 0) is 37.5 Å². The van der Waals surface area contributed by atoms with Gasteiger partial charge in [0.05, 0.1) is 26.4 Å². The summed E-state index contributed by atoms with van der Waals surface area (Å²) in [6.45, 7) is 9.64. The number of phosphoric ester groups is 2. The number of hydrogen-bond acceptors (Lipinski definition) is 15. The van der Waals surface area contributed by atoms with Crippen LogP contribution in [-0.2, 0) is 65.4 Å². The van der Waals surface area contributed by atoms with E-state index in [0.29, 0.717) is 25.7 Å². The minimum Gasteiger partial charge on any atom is -0.462 e. The van der Waals surface area contributed by atoms with E-state index in [1.165, 1.54) is 250 Å². The van der Waals surface area contributed by atoms with E-state index in [-0.39, 0.29) is 25.7 Å². The molecule has 102 heavy (non-hydrogen) atoms. The van der Waals surface area contributed by atoms with Crippen molar-refractivity contribution in [1.82, 2.24) is 0 Å². The maximum atomic E-state index is 13.1. The van der Waals surface area contributed by atoms with Crippen molar-refractivity contribution in [2.24, 2.45) is 11.8 Å². The highest BCUT2D eigenvalue weighted by Gasteiger charge is 2.30. The summed E-state index contributed by atoms with van der Waals surface area (Å²) in [5.41, 5.74) is 0. The molecule has 0 saturated carbocycles. The highest BCUT2D eigenvalue weighted by Crippen LogP contribution is 2.45. The van der Waals surface area contributed by atoms with E-state index in [4.69, 9.17) is 37.0 Å². The van der Waals surface area contributed by atoms with Gasteiger partial charge in [0.15, 0.2) is 12.2 Å². The maximum Gasteiger partial charge on any atom is 0.472 e. The molecule has 0 aromatic carbocycles. The Bertz CT molecular complexity index is 1960. The van der Waals surface area contributed by atoms with Gasteiger partial charge in [0.25, 0.3) is 0 Å². The monoisotopic (exact) mass is 1490 g/mol. The molecule has 606 valence electrons. The van der Waals surface area contributed by atoms with Crippen LogP contribution >= 0.6 is 15.6 Å². The number of rotatable bonds is 82. The number of carbonyl (C=O) groups is 4. The predicted molar refractivity (Wildman–Crippen MR) is 418 cm³/mol. The average Bonchev–Trinajstić information content (AvgIpc) is 0.954. The molecular weight excluding hydrogens is 1330 g/mol. The van der Waals surface area contributed by atoms with Crippen LogP contribution in [0.3, 0.4) is 0 Å². The lowest BCUT2D eigenvalue weighted by atomic mass is 10.0. The van der Waals surface area contributed by atoms with Crippen LogP contribution in [0.25, 0.3) is 0 Å². The molecule has 0 aromatic rings. The lowest BCUT2D eigenvalue weighted by Crippen LogP contribution is -2.30. The van der Waals surface area contributed by atoms with Gasteiger partial charge in [-0.25, -0.2) is 9.13 Å². The Balaban J connectivity index is 5.18. The molecule has 0 spiro atoms. The Hall–Kier alpha value is -1.94. The van der Waals surface area contributed by atoms with Crippen molar-refractivity contribution in [2.75, 3.05) is 39.6 Å². The van der Waals surface area contributed by atoms with Crippen LogP contribution < -0.4 is 0 Å². The Morgan fingerprint density at radius 1 is 0.265 bits per heavy atom. The van der Waals surface area contributed by atoms with Crippen LogP contribution in [0, 0.1) is 11.8 Å². The van der Waals surface area contributed by atoms with Crippen LogP contribution in [0.4, 0.5) is 0 Å². The molecule has 0 aliphatic rings. The highest BCUT2D eigenvalue weighted by molar-refractivity contribution is 7.47. The molecular formula is C83H162O17P2. The molecule has 19 heteroatoms. The van der Waals surface area contributed by atoms with Crippen molar-refractivity contribution in [1.29, 1.82) is 0 Å². The number of unbranched alkanes of at least 4 members (excludes halogenated alkanes) is 52. The molecule has 0 fully saturated rings. The topological polar surface area (TPSA) is 237 Å². The number of aliphatic hydroxyl groups is 1. The number of ether oxygens (including phenoxy) is 4. The fourth-order valence-electron chi connectivity index (χ4n) is 12.9. The molecule has 0 radical (unpaired) electrons. The van der Waals surface area contributed by atoms with Crippen LogP contribution in [0.1, 0.15) is 440 Å². The first-order chi connectivity index (χ1) is 49.4. The molecule has 0 aliphatic carbocycles. The van der Waals surface area contributed by atoms with E-state index >= 15 is 0 Å². The summed E-state index contributed by atoms with van der Waals surface area (Å²) in [6, 6.07) is 0. The standard InChI is InChI=1S/C83H162O17P2/c1-7-9-11-13-15-17-18-19-20-21-22-23-27-30-33-36-42-48-54-60-66-81(86)94-72-79(100-82(87)67-61-55-49-43-37-34-31-28-25-24-26-29-32-35-40-45-51-57-63-75(3)4)74-98-102(91,92)96-70-77(84)69-95-101(89,90)97-73-78(71-93-80(85)65-59-53-47-16-14-12-10-8-2)99-83(88)68-62-56-50-44-39-38-41-46-52-58-64-76(5)6/h75-79,84H,7-74H2,1-6H3,(H,89,90)(H,91,92)/t77-,78+,79+/m0/s1. The van der Waals surface area contributed by atoms with Crippen LogP contribution in [0.2, 0.25) is 0 Å². The zero-order valence-electron chi connectivity index (χ0n) is 66.9. The van der Waals surface area contributed by atoms with Crippen molar-refractivity contribution in [3.63, 3.8) is 0 Å². The molecule has 0 rings (SSSR count). The normalized spacial score (nSPS) is 13.9. The predicted octanol–water partition coefficient (Wildman–Crippen LogP) is 25.1. The van der Waals surface area contributed by atoms with Crippen molar-refractivity contribution >= 4 is 39.5 Å². The van der Waals surface area contributed by atoms with E-state index in [1.807, 2.05) is 0 Å². The first kappa shape index (κ1) is 100. The molecule has 0 bridgehead atoms. The zero-order chi connectivity index (χ0) is 74.9. The van der Waals surface area contributed by atoms with Gasteiger partial charge >= 0.3 is 39.5 Å². The Morgan fingerprint density at radius 2 is 0.451 bits per heavy atom. The molecule has 2 unspecified atom stereocenters. The third-order valence-corrected chi connectivity index (χ3v) is 21.4. The second-order valence-corrected chi connectivity index (χ2v) is 33.7. The van der Waals surface area contributed by atoms with Gasteiger partial charge in [-0.2, -0.15) is 0 Å². The summed E-state index contributed by atoms with van der Waals surface area (Å²) in [4.78, 5) is 73.0. The van der Waals surface area contributed by atoms with Gasteiger partial charge in [-0.3, -0.25) is 37.3 Å². The first-order valence-electron chi connectivity index (χ1n) is 43.0. The summed E-state index contributed by atoms with van der Waals surface area (Å²) in [7, 11) is -9.92. The van der Waals surface area contributed by atoms with Crippen molar-refractivity contribution < 1.29 is 80.2 Å². The third-order valence-electron chi connectivity index (χ3n) is 19.5. The van der Waals surface area contributed by atoms with Gasteiger partial charge in [0, 0.05) is 25.7 Å². The smallest absolute Gasteiger partial charge is 0.462 e. The van der Waals surface area contributed by atoms with Crippen LogP contribution in [-0.4, -0.2) is 96.7 Å². The summed E-state index contributed by atoms with van der Waals surface area (Å²) in [5.74, 6) is -0.538. The molecule has 0 aliphatic heterocycles. The molecule has 0 aromatic heterocycles. The van der Waals surface area contributed by atoms with Gasteiger partial charge < -0.3 is 33.8 Å². The number of hydrogen-bond donors (Lipinski definition) is 3. The van der Waals surface area contributed by atoms with E-state index in [9.17, 15) is 43.2 Å². The van der Waals surface area contributed by atoms with Crippen molar-refractivity contribution in [3.8, 4) is 0 Å². The molecule has 0 saturated heterocycles. The minimum absolute atomic E-state index is 0.106. The largest absolute Gasteiger partial charge is 0.472 e. The quantitative estimate of drug-likeness (QED) is 0.0222. The van der Waals surface area contributed by atoms with Crippen molar-refractivity contribution in [2.45, 2.75) is 458 Å². The summed E-state index contributed by atoms with van der Waals surface area (Å²) < 4.78 is 68.7. The SMILES string of the molecule is CCCCCCCCCCCCCCCCCCCCCCC(=O)OC[C@H](COP(=O)(O)OC[C@@H](O)COP(=O)(O)OC[C@@H](COC(=O)CCCCCCCCCC)OC(=O)CCCCCCCCCCCCC(C)C)OC(=O)CCCCCCCCCCCCCCCCCCCCC(C)C. The lowest BCUT2D eigenvalue weighted by Gasteiger charge is -2.21. The number of phosphoric acid groups is 2. The first-order valence-corrected chi connectivity index (χ1v) is 46.0. The van der Waals surface area contributed by atoms with Gasteiger partial charge in [-0.15, -0.1) is 0 Å². The molecule has 3 N–H and O–H groups in total. The minimum atomic E-state index is -4.96. The number of aliphatic hydroxyl groups excluding tert-OH is 1. The average molecular weight is 1490 g/mol. The second-order valence-electron chi connectivity index (χ2n) is 30.8. The Labute approximate surface area is 626 Å². The maximum absolute atomic E-state index is 13.1. The van der Waals surface area contributed by atoms with Gasteiger partial charge in [0.2, 0.25) is 0 Å². The fourth-order valence-corrected chi connectivity index (χ4v) is 14.5. The zero-order valence-corrected chi connectivity index (χ0v) is 68.7. The second kappa shape index (κ2) is 74.5. The third kappa shape index (κ3) is 76.3. The fraction of sp³-hybridized carbons (Fsp3) is 0.952. The summed E-state index contributed by atoms with van der Waals surface area (Å²) >= 11 is 0. The Kier molecular flexibility index (Phi) is 73.1. The Morgan fingerprint density at radius 3 is 0.667 bits per heavy atom. The molecule has 5 atom stereocenters. The van der Waals surface area contributed by atoms with Gasteiger partial charge in [0.1, 0.15) is 19.3 Å². The number of esters is 4. The van der Waals surface area contributed by atoms with E-state index in [0.717, 1.165) is 108 Å². The van der Waals surface area contributed by atoms with E-state index in [2.05, 4.69) is 41.5 Å². The van der Waals surface area contributed by atoms with Crippen LogP contribution in [0.15, 0.2) is 0 Å². The highest BCUT2D eigenvalue weighted by atomic mass is 31.2. The summed E-state index contributed by atoms with van der Waals surface area (Å²) in [5, 5.41) is 10.6. The summed E-state index contributed by atoms with van der Waals surface area (Å²) in [6.07, 6.45) is 65.5. The van der Waals surface area contributed by atoms with Crippen LogP contribution in [0.5, 0.6) is 0 Å². The van der Waals surface area contributed by atoms with E-state index < -0.39 is 97.5 Å². The number of carbonyl (C=O) groups excluding carboxylic acids is 4.